The zero-order chi connectivity index (χ0) is 24.4. The number of carbonyl (C=O) groups excluding carboxylic acids is 1. The molecule has 0 spiro atoms. The van der Waals surface area contributed by atoms with Crippen molar-refractivity contribution in [3.8, 4) is 0 Å². The second kappa shape index (κ2) is 12.6. The van der Waals surface area contributed by atoms with E-state index in [0.717, 1.165) is 37.7 Å². The average molecular weight is 479 g/mol. The second-order valence-corrected chi connectivity index (χ2v) is 9.58. The van der Waals surface area contributed by atoms with Crippen LogP contribution in [0.15, 0.2) is 69.8 Å². The molecule has 2 unspecified atom stereocenters. The van der Waals surface area contributed by atoms with Crippen molar-refractivity contribution in [2.45, 2.75) is 72.3 Å². The maximum Gasteiger partial charge on any atom is 0.446 e. The van der Waals surface area contributed by atoms with E-state index >= 15 is 0 Å². The molecular formula is C25H34O7S. The van der Waals surface area contributed by atoms with Crippen LogP contribution in [-0.4, -0.2) is 25.0 Å². The van der Waals surface area contributed by atoms with Gasteiger partial charge in [-0.05, 0) is 70.4 Å². The van der Waals surface area contributed by atoms with Crippen LogP contribution in [0.2, 0.25) is 0 Å². The minimum Gasteiger partial charge on any atom is -0.472 e. The highest BCUT2D eigenvalue weighted by Gasteiger charge is 2.35. The minimum atomic E-state index is -4.72. The molecule has 0 radical (unpaired) electrons. The van der Waals surface area contributed by atoms with Crippen molar-refractivity contribution in [2.24, 2.45) is 5.92 Å². The fourth-order valence-electron chi connectivity index (χ4n) is 3.53. The molecule has 1 aliphatic heterocycles. The van der Waals surface area contributed by atoms with Gasteiger partial charge in [0.15, 0.2) is 11.9 Å². The fraction of sp³-hybridized carbons (Fsp3) is 0.480. The summed E-state index contributed by atoms with van der Waals surface area (Å²) in [5.41, 5.74) is 3.56. The van der Waals surface area contributed by atoms with Gasteiger partial charge < -0.3 is 13.3 Å². The Balaban J connectivity index is 1.74. The topological polar surface area (TPSA) is 103 Å². The Kier molecular flexibility index (Phi) is 10.2. The first kappa shape index (κ1) is 26.7. The number of hydrogen-bond acceptors (Lipinski definition) is 6. The number of esters is 1. The number of aryl methyl sites for hydroxylation is 1. The van der Waals surface area contributed by atoms with Gasteiger partial charge in [-0.2, -0.15) is 8.42 Å². The first-order valence-corrected chi connectivity index (χ1v) is 12.5. The van der Waals surface area contributed by atoms with Crippen molar-refractivity contribution in [1.82, 2.24) is 0 Å². The van der Waals surface area contributed by atoms with Crippen molar-refractivity contribution in [1.29, 1.82) is 0 Å². The van der Waals surface area contributed by atoms with E-state index < -0.39 is 22.5 Å². The standard InChI is InChI=1S/C25H34O7S/c1-18(8-5-9-19(2)11-7-13-22-14-15-30-17-22)10-6-12-20(3)16-23-24(32-33(27,28)29)21(4)25(26)31-23/h5,8,11-12,14-15,17-18,23H,6-7,9-10,13,16H2,1-4H3,(H,27,28,29). The van der Waals surface area contributed by atoms with Gasteiger partial charge in [0.05, 0.1) is 18.1 Å². The van der Waals surface area contributed by atoms with E-state index in [4.69, 9.17) is 13.7 Å². The third-order valence-electron chi connectivity index (χ3n) is 5.45. The summed E-state index contributed by atoms with van der Waals surface area (Å²) in [5.74, 6) is -0.381. The molecule has 8 heteroatoms. The average Bonchev–Trinajstić information content (AvgIpc) is 3.31. The summed E-state index contributed by atoms with van der Waals surface area (Å²) in [6.45, 7) is 7.61. The minimum absolute atomic E-state index is 0.0509. The quantitative estimate of drug-likeness (QED) is 0.215. The fourth-order valence-corrected chi connectivity index (χ4v) is 3.99. The molecule has 182 valence electrons. The second-order valence-electron chi connectivity index (χ2n) is 8.56. The SMILES string of the molecule is CC(=CCCc1ccoc1)CC=CC(C)CCC=C(C)CC1OC(=O)C(C)=C1OS(=O)(=O)O. The van der Waals surface area contributed by atoms with Crippen LogP contribution in [0.4, 0.5) is 0 Å². The van der Waals surface area contributed by atoms with Gasteiger partial charge in [-0.3, -0.25) is 4.55 Å². The lowest BCUT2D eigenvalue weighted by Gasteiger charge is -2.14. The van der Waals surface area contributed by atoms with E-state index in [-0.39, 0.29) is 11.3 Å². The number of rotatable bonds is 13. The third kappa shape index (κ3) is 9.84. The molecule has 0 saturated carbocycles. The number of allylic oxidation sites excluding steroid dienone is 5. The van der Waals surface area contributed by atoms with E-state index in [0.29, 0.717) is 12.3 Å². The molecule has 2 heterocycles. The Morgan fingerprint density at radius 1 is 1.24 bits per heavy atom. The summed E-state index contributed by atoms with van der Waals surface area (Å²) >= 11 is 0. The molecule has 2 atom stereocenters. The molecule has 2 rings (SSSR count). The molecule has 33 heavy (non-hydrogen) atoms. The molecule has 0 bridgehead atoms. The molecule has 0 amide bonds. The summed E-state index contributed by atoms with van der Waals surface area (Å²) in [5, 5.41) is 0. The Morgan fingerprint density at radius 2 is 1.97 bits per heavy atom. The van der Waals surface area contributed by atoms with Gasteiger partial charge >= 0.3 is 16.4 Å². The Morgan fingerprint density at radius 3 is 2.64 bits per heavy atom. The van der Waals surface area contributed by atoms with Crippen LogP contribution < -0.4 is 0 Å². The van der Waals surface area contributed by atoms with E-state index in [9.17, 15) is 13.2 Å². The van der Waals surface area contributed by atoms with E-state index in [1.165, 1.54) is 18.1 Å². The first-order valence-electron chi connectivity index (χ1n) is 11.1. The molecule has 0 fully saturated rings. The summed E-state index contributed by atoms with van der Waals surface area (Å²) in [4.78, 5) is 11.8. The van der Waals surface area contributed by atoms with E-state index in [1.807, 2.05) is 13.0 Å². The van der Waals surface area contributed by atoms with Crippen LogP contribution >= 0.6 is 0 Å². The van der Waals surface area contributed by atoms with E-state index in [1.54, 1.807) is 12.5 Å². The third-order valence-corrected chi connectivity index (χ3v) is 5.84. The number of cyclic esters (lactones) is 1. The zero-order valence-electron chi connectivity index (χ0n) is 19.7. The Hall–Kier alpha value is -2.58. The summed E-state index contributed by atoms with van der Waals surface area (Å²) in [7, 11) is -4.72. The highest BCUT2D eigenvalue weighted by atomic mass is 32.3. The molecule has 0 aromatic carbocycles. The van der Waals surface area contributed by atoms with Crippen LogP contribution in [-0.2, 0) is 30.5 Å². The number of furan rings is 1. The maximum absolute atomic E-state index is 11.8. The monoisotopic (exact) mass is 478 g/mol. The van der Waals surface area contributed by atoms with Gasteiger partial charge in [0.1, 0.15) is 0 Å². The molecule has 1 N–H and O–H groups in total. The van der Waals surface area contributed by atoms with Gasteiger partial charge in [-0.25, -0.2) is 4.79 Å². The van der Waals surface area contributed by atoms with Crippen LogP contribution in [0, 0.1) is 5.92 Å². The molecule has 0 aliphatic carbocycles. The predicted octanol–water partition coefficient (Wildman–Crippen LogP) is 5.88. The highest BCUT2D eigenvalue weighted by Crippen LogP contribution is 2.29. The van der Waals surface area contributed by atoms with Crippen LogP contribution in [0.25, 0.3) is 0 Å². The lowest BCUT2D eigenvalue weighted by Crippen LogP contribution is -2.16. The number of carbonyl (C=O) groups is 1. The molecule has 7 nitrogen and oxygen atoms in total. The summed E-state index contributed by atoms with van der Waals surface area (Å²) < 4.78 is 45.9. The smallest absolute Gasteiger partial charge is 0.446 e. The lowest BCUT2D eigenvalue weighted by atomic mass is 10.0. The van der Waals surface area contributed by atoms with E-state index in [2.05, 4.69) is 42.3 Å². The number of hydrogen-bond donors (Lipinski definition) is 1. The molecular weight excluding hydrogens is 444 g/mol. The summed E-state index contributed by atoms with van der Waals surface area (Å²) in [6.07, 6.45) is 16.4. The lowest BCUT2D eigenvalue weighted by molar-refractivity contribution is -0.140. The van der Waals surface area contributed by atoms with Gasteiger partial charge in [0.2, 0.25) is 0 Å². The molecule has 1 aromatic rings. The normalized spacial score (nSPS) is 18.8. The first-order chi connectivity index (χ1) is 15.5. The predicted molar refractivity (Wildman–Crippen MR) is 127 cm³/mol. The maximum atomic E-state index is 11.8. The van der Waals surface area contributed by atoms with Crippen molar-refractivity contribution < 1.29 is 31.1 Å². The number of ether oxygens (including phenoxy) is 1. The van der Waals surface area contributed by atoms with Gasteiger partial charge in [0, 0.05) is 6.42 Å². The van der Waals surface area contributed by atoms with Gasteiger partial charge in [-0.15, -0.1) is 0 Å². The highest BCUT2D eigenvalue weighted by molar-refractivity contribution is 7.81. The zero-order valence-corrected chi connectivity index (χ0v) is 20.6. The Bertz CT molecular complexity index is 1010. The Labute approximate surface area is 196 Å². The van der Waals surface area contributed by atoms with Crippen LogP contribution in [0.1, 0.15) is 65.4 Å². The molecule has 1 aliphatic rings. The van der Waals surface area contributed by atoms with Crippen LogP contribution in [0.3, 0.4) is 0 Å². The molecule has 1 aromatic heterocycles. The van der Waals surface area contributed by atoms with Crippen molar-refractivity contribution in [3.05, 3.63) is 70.9 Å². The van der Waals surface area contributed by atoms with Crippen molar-refractivity contribution >= 4 is 16.4 Å². The largest absolute Gasteiger partial charge is 0.472 e. The van der Waals surface area contributed by atoms with Gasteiger partial charge in [-0.1, -0.05) is 42.4 Å². The van der Waals surface area contributed by atoms with Crippen LogP contribution in [0.5, 0.6) is 0 Å². The molecule has 0 saturated heterocycles. The summed E-state index contributed by atoms with van der Waals surface area (Å²) in [6, 6.07) is 1.99. The van der Waals surface area contributed by atoms with Crippen molar-refractivity contribution in [3.63, 3.8) is 0 Å². The van der Waals surface area contributed by atoms with Crippen molar-refractivity contribution in [2.75, 3.05) is 0 Å². The van der Waals surface area contributed by atoms with Gasteiger partial charge in [0.25, 0.3) is 0 Å².